The fraction of sp³-hybridized carbons (Fsp3) is 0.647. The number of hydrogen-bond acceptors (Lipinski definition) is 4. The Labute approximate surface area is 128 Å². The number of nitrogens with zero attached hydrogens (tertiary/aromatic N) is 2. The van der Waals surface area contributed by atoms with Crippen LogP contribution in [0.15, 0.2) is 24.3 Å². The molecule has 21 heavy (non-hydrogen) atoms. The number of rotatable bonds is 7. The van der Waals surface area contributed by atoms with Crippen LogP contribution >= 0.6 is 0 Å². The smallest absolute Gasteiger partial charge is 0.119 e. The molecule has 2 N–H and O–H groups in total. The van der Waals surface area contributed by atoms with Crippen LogP contribution in [0.5, 0.6) is 5.75 Å². The molecule has 2 rings (SSSR count). The Kier molecular flexibility index (Phi) is 6.03. The molecule has 1 aromatic carbocycles. The van der Waals surface area contributed by atoms with Crippen LogP contribution in [0.1, 0.15) is 31.4 Å². The second-order valence-corrected chi connectivity index (χ2v) is 6.07. The zero-order valence-corrected chi connectivity index (χ0v) is 13.6. The molecule has 118 valence electrons. The standard InChI is InChI=1S/C17H29N3O/c1-4-11-21-16-7-5-14(6-8-16)17(12-18)20-10-9-15(13-20)19(2)3/h5-8,15,17H,4,9-13,18H2,1-3H3. The summed E-state index contributed by atoms with van der Waals surface area (Å²) in [5.74, 6) is 0.948. The lowest BCUT2D eigenvalue weighted by Gasteiger charge is -2.28. The molecule has 1 aliphatic heterocycles. The number of likely N-dealkylation sites (tertiary alicyclic amines) is 1. The molecule has 0 saturated carbocycles. The first kappa shape index (κ1) is 16.3. The minimum Gasteiger partial charge on any atom is -0.494 e. The fourth-order valence-corrected chi connectivity index (χ4v) is 2.97. The van der Waals surface area contributed by atoms with E-state index >= 15 is 0 Å². The average Bonchev–Trinajstić information content (AvgIpc) is 2.97. The summed E-state index contributed by atoms with van der Waals surface area (Å²) >= 11 is 0. The Bertz CT molecular complexity index is 419. The van der Waals surface area contributed by atoms with Gasteiger partial charge in [0.2, 0.25) is 0 Å². The molecular weight excluding hydrogens is 262 g/mol. The second-order valence-electron chi connectivity index (χ2n) is 6.07. The molecule has 1 saturated heterocycles. The van der Waals surface area contributed by atoms with Crippen LogP contribution in [-0.4, -0.2) is 56.2 Å². The Morgan fingerprint density at radius 2 is 2.05 bits per heavy atom. The highest BCUT2D eigenvalue weighted by atomic mass is 16.5. The Hall–Kier alpha value is -1.10. The van der Waals surface area contributed by atoms with Gasteiger partial charge in [0, 0.05) is 31.7 Å². The molecule has 0 bridgehead atoms. The summed E-state index contributed by atoms with van der Waals surface area (Å²) in [5, 5.41) is 0. The van der Waals surface area contributed by atoms with Crippen molar-refractivity contribution in [3.63, 3.8) is 0 Å². The monoisotopic (exact) mass is 291 g/mol. The highest BCUT2D eigenvalue weighted by Crippen LogP contribution is 2.27. The van der Waals surface area contributed by atoms with Gasteiger partial charge < -0.3 is 15.4 Å². The van der Waals surface area contributed by atoms with Gasteiger partial charge in [-0.3, -0.25) is 4.90 Å². The topological polar surface area (TPSA) is 41.7 Å². The van der Waals surface area contributed by atoms with Gasteiger partial charge in [0.1, 0.15) is 5.75 Å². The summed E-state index contributed by atoms with van der Waals surface area (Å²) < 4.78 is 5.65. The van der Waals surface area contributed by atoms with Crippen molar-refractivity contribution < 1.29 is 4.74 Å². The summed E-state index contributed by atoms with van der Waals surface area (Å²) in [6.07, 6.45) is 2.26. The van der Waals surface area contributed by atoms with Gasteiger partial charge in [0.15, 0.2) is 0 Å². The van der Waals surface area contributed by atoms with E-state index in [0.717, 1.165) is 31.9 Å². The van der Waals surface area contributed by atoms with E-state index in [0.29, 0.717) is 18.6 Å². The van der Waals surface area contributed by atoms with Gasteiger partial charge >= 0.3 is 0 Å². The minimum atomic E-state index is 0.315. The zero-order chi connectivity index (χ0) is 15.2. The maximum Gasteiger partial charge on any atom is 0.119 e. The number of likely N-dealkylation sites (N-methyl/N-ethyl adjacent to an activating group) is 1. The van der Waals surface area contributed by atoms with Crippen LogP contribution in [0.4, 0.5) is 0 Å². The third-order valence-electron chi connectivity index (χ3n) is 4.33. The summed E-state index contributed by atoms with van der Waals surface area (Å²) in [5.41, 5.74) is 7.33. The van der Waals surface area contributed by atoms with Gasteiger partial charge in [-0.1, -0.05) is 19.1 Å². The number of nitrogens with two attached hydrogens (primary N) is 1. The predicted molar refractivity (Wildman–Crippen MR) is 87.7 cm³/mol. The van der Waals surface area contributed by atoms with Gasteiger partial charge in [-0.2, -0.15) is 0 Å². The van der Waals surface area contributed by atoms with Crippen molar-refractivity contribution in [2.75, 3.05) is 40.3 Å². The van der Waals surface area contributed by atoms with E-state index in [9.17, 15) is 0 Å². The molecule has 0 radical (unpaired) electrons. The Morgan fingerprint density at radius 3 is 2.57 bits per heavy atom. The fourth-order valence-electron chi connectivity index (χ4n) is 2.97. The molecule has 0 amide bonds. The maximum absolute atomic E-state index is 6.04. The lowest BCUT2D eigenvalue weighted by molar-refractivity contribution is 0.220. The van der Waals surface area contributed by atoms with E-state index < -0.39 is 0 Å². The summed E-state index contributed by atoms with van der Waals surface area (Å²) in [7, 11) is 4.32. The molecule has 2 atom stereocenters. The number of ether oxygens (including phenoxy) is 1. The van der Waals surface area contributed by atoms with E-state index in [4.69, 9.17) is 10.5 Å². The Balaban J connectivity index is 2.01. The second kappa shape index (κ2) is 7.78. The quantitative estimate of drug-likeness (QED) is 0.835. The highest BCUT2D eigenvalue weighted by Gasteiger charge is 2.29. The summed E-state index contributed by atoms with van der Waals surface area (Å²) in [6.45, 7) is 5.78. The van der Waals surface area contributed by atoms with Crippen molar-refractivity contribution in [3.8, 4) is 5.75 Å². The van der Waals surface area contributed by atoms with Crippen LogP contribution < -0.4 is 10.5 Å². The summed E-state index contributed by atoms with van der Waals surface area (Å²) in [4.78, 5) is 4.82. The van der Waals surface area contributed by atoms with Crippen LogP contribution in [0, 0.1) is 0 Å². The first-order valence-electron chi connectivity index (χ1n) is 7.99. The van der Waals surface area contributed by atoms with Crippen LogP contribution in [0.25, 0.3) is 0 Å². The van der Waals surface area contributed by atoms with Crippen molar-refractivity contribution >= 4 is 0 Å². The van der Waals surface area contributed by atoms with Crippen LogP contribution in [0.2, 0.25) is 0 Å². The lowest BCUT2D eigenvalue weighted by atomic mass is 10.1. The van der Waals surface area contributed by atoms with E-state index in [1.54, 1.807) is 0 Å². The molecule has 0 spiro atoms. The SMILES string of the molecule is CCCOc1ccc(C(CN)N2CCC(N(C)C)C2)cc1. The zero-order valence-electron chi connectivity index (χ0n) is 13.6. The van der Waals surface area contributed by atoms with Gasteiger partial charge in [0.25, 0.3) is 0 Å². The largest absolute Gasteiger partial charge is 0.494 e. The minimum absolute atomic E-state index is 0.315. The highest BCUT2D eigenvalue weighted by molar-refractivity contribution is 5.29. The third kappa shape index (κ3) is 4.19. The van der Waals surface area contributed by atoms with E-state index in [-0.39, 0.29) is 0 Å². The lowest BCUT2D eigenvalue weighted by Crippen LogP contribution is -2.36. The van der Waals surface area contributed by atoms with Gasteiger partial charge in [-0.25, -0.2) is 0 Å². The van der Waals surface area contributed by atoms with Crippen molar-refractivity contribution in [1.82, 2.24) is 9.80 Å². The molecule has 4 nitrogen and oxygen atoms in total. The van der Waals surface area contributed by atoms with E-state index in [1.165, 1.54) is 12.0 Å². The average molecular weight is 291 g/mol. The third-order valence-corrected chi connectivity index (χ3v) is 4.33. The molecule has 0 aliphatic carbocycles. The van der Waals surface area contributed by atoms with Crippen molar-refractivity contribution in [2.45, 2.75) is 31.8 Å². The van der Waals surface area contributed by atoms with E-state index in [2.05, 4.69) is 55.1 Å². The molecule has 2 unspecified atom stereocenters. The first-order chi connectivity index (χ1) is 10.2. The van der Waals surface area contributed by atoms with Crippen LogP contribution in [-0.2, 0) is 0 Å². The van der Waals surface area contributed by atoms with Crippen molar-refractivity contribution in [1.29, 1.82) is 0 Å². The first-order valence-corrected chi connectivity index (χ1v) is 7.99. The number of hydrogen-bond donors (Lipinski definition) is 1. The number of benzene rings is 1. The van der Waals surface area contributed by atoms with Gasteiger partial charge in [-0.05, 0) is 44.6 Å². The summed E-state index contributed by atoms with van der Waals surface area (Å²) in [6, 6.07) is 9.40. The van der Waals surface area contributed by atoms with E-state index in [1.807, 2.05) is 0 Å². The molecule has 1 aromatic rings. The van der Waals surface area contributed by atoms with Gasteiger partial charge in [0.05, 0.1) is 6.61 Å². The van der Waals surface area contributed by atoms with Crippen molar-refractivity contribution in [2.24, 2.45) is 5.73 Å². The maximum atomic E-state index is 6.04. The normalized spacial score (nSPS) is 20.9. The molecule has 1 heterocycles. The molecular formula is C17H29N3O. The van der Waals surface area contributed by atoms with Crippen LogP contribution in [0.3, 0.4) is 0 Å². The molecule has 1 aliphatic rings. The molecule has 1 fully saturated rings. The van der Waals surface area contributed by atoms with Crippen molar-refractivity contribution in [3.05, 3.63) is 29.8 Å². The molecule has 4 heteroatoms. The molecule has 0 aromatic heterocycles. The van der Waals surface area contributed by atoms with Gasteiger partial charge in [-0.15, -0.1) is 0 Å². The predicted octanol–water partition coefficient (Wildman–Crippen LogP) is 2.11. The Morgan fingerprint density at radius 1 is 1.33 bits per heavy atom.